The number of alkyl halides is 3. The van der Waals surface area contributed by atoms with Crippen molar-refractivity contribution in [3.8, 4) is 17.3 Å². The molecule has 1 N–H and O–H groups in total. The van der Waals surface area contributed by atoms with Gasteiger partial charge in [-0.05, 0) is 25.1 Å². The van der Waals surface area contributed by atoms with Gasteiger partial charge in [-0.25, -0.2) is 18.7 Å². The summed E-state index contributed by atoms with van der Waals surface area (Å²) in [6.07, 6.45) is 0.531. The van der Waals surface area contributed by atoms with Crippen LogP contribution >= 0.6 is 0 Å². The number of pyridine rings is 1. The van der Waals surface area contributed by atoms with Gasteiger partial charge in [-0.15, -0.1) is 0 Å². The van der Waals surface area contributed by atoms with Gasteiger partial charge < -0.3 is 15.0 Å². The summed E-state index contributed by atoms with van der Waals surface area (Å²) in [7, 11) is 0. The number of nitrogens with zero attached hydrogens (tertiary/aromatic N) is 6. The molecular weight excluding hydrogens is 569 g/mol. The first-order chi connectivity index (χ1) is 20.7. The molecule has 0 saturated heterocycles. The van der Waals surface area contributed by atoms with E-state index in [9.17, 15) is 22.0 Å². The Morgan fingerprint density at radius 2 is 1.79 bits per heavy atom. The third-order valence-electron chi connectivity index (χ3n) is 7.19. The van der Waals surface area contributed by atoms with E-state index >= 15 is 0 Å². The Kier molecular flexibility index (Phi) is 7.65. The smallest absolute Gasteiger partial charge is 0.401 e. The predicted molar refractivity (Wildman–Crippen MR) is 150 cm³/mol. The summed E-state index contributed by atoms with van der Waals surface area (Å²) in [4.78, 5) is 15.4. The minimum Gasteiger partial charge on any atom is -0.494 e. The molecule has 0 bridgehead atoms. The zero-order valence-electron chi connectivity index (χ0n) is 22.9. The number of hydrogen-bond donors (Lipinski definition) is 1. The van der Waals surface area contributed by atoms with Crippen LogP contribution in [0.1, 0.15) is 24.0 Å². The standard InChI is InChI=1S/C30H26F5N7O/c1-2-43-20-11-24(31)23(25(32)12-20)16-42-26-6-4-3-5-21(26)27(40-42)28-38-14-22-18(13-37-17-30(33,34)35)15-41(29(22)39-28)19-7-9-36-10-8-19/h3-12,14,18,37H,2,13,15-17H2,1H3/t18-/m1/s1. The molecule has 1 atom stereocenters. The van der Waals surface area contributed by atoms with Gasteiger partial charge in [0.2, 0.25) is 0 Å². The van der Waals surface area contributed by atoms with Crippen LogP contribution in [0, 0.1) is 11.6 Å². The van der Waals surface area contributed by atoms with Crippen molar-refractivity contribution in [2.75, 3.05) is 31.1 Å². The molecule has 0 unspecified atom stereocenters. The van der Waals surface area contributed by atoms with Crippen molar-refractivity contribution >= 4 is 22.4 Å². The number of ether oxygens (including phenoxy) is 1. The number of nitrogens with one attached hydrogen (secondary N) is 1. The Balaban J connectivity index is 1.38. The molecule has 1 aliphatic rings. The van der Waals surface area contributed by atoms with Crippen LogP contribution in [0.3, 0.4) is 0 Å². The highest BCUT2D eigenvalue weighted by Gasteiger charge is 2.34. The predicted octanol–water partition coefficient (Wildman–Crippen LogP) is 6.00. The molecule has 1 aliphatic heterocycles. The summed E-state index contributed by atoms with van der Waals surface area (Å²) in [6, 6.07) is 13.1. The van der Waals surface area contributed by atoms with E-state index in [0.717, 1.165) is 17.8 Å². The molecule has 43 heavy (non-hydrogen) atoms. The summed E-state index contributed by atoms with van der Waals surface area (Å²) in [5, 5.41) is 7.84. The SMILES string of the molecule is CCOc1cc(F)c(Cn2nc(-c3ncc4c(n3)N(c3ccncc3)C[C@H]4CNCC(F)(F)F)c3ccccc32)c(F)c1. The Morgan fingerprint density at radius 1 is 1.05 bits per heavy atom. The summed E-state index contributed by atoms with van der Waals surface area (Å²) >= 11 is 0. The van der Waals surface area contributed by atoms with E-state index in [1.54, 1.807) is 49.8 Å². The molecule has 0 saturated carbocycles. The third kappa shape index (κ3) is 5.85. The van der Waals surface area contributed by atoms with Crippen molar-refractivity contribution in [1.82, 2.24) is 30.0 Å². The minimum absolute atomic E-state index is 0.0770. The molecule has 5 aromatic rings. The van der Waals surface area contributed by atoms with Gasteiger partial charge in [-0.3, -0.25) is 9.67 Å². The molecule has 0 spiro atoms. The Hall–Kier alpha value is -4.65. The normalized spacial score (nSPS) is 14.8. The molecule has 6 rings (SSSR count). The van der Waals surface area contributed by atoms with E-state index in [1.807, 2.05) is 17.0 Å². The third-order valence-corrected chi connectivity index (χ3v) is 7.19. The van der Waals surface area contributed by atoms with Crippen molar-refractivity contribution in [3.63, 3.8) is 0 Å². The van der Waals surface area contributed by atoms with Crippen LogP contribution in [0.2, 0.25) is 0 Å². The fourth-order valence-electron chi connectivity index (χ4n) is 5.26. The molecule has 13 heteroatoms. The molecule has 222 valence electrons. The first-order valence-corrected chi connectivity index (χ1v) is 13.6. The summed E-state index contributed by atoms with van der Waals surface area (Å²) in [6.45, 7) is 1.16. The summed E-state index contributed by atoms with van der Waals surface area (Å²) in [5.41, 5.74) is 2.32. The molecule has 8 nitrogen and oxygen atoms in total. The number of fused-ring (bicyclic) bond motifs is 2. The second-order valence-corrected chi connectivity index (χ2v) is 10.1. The number of hydrogen-bond acceptors (Lipinski definition) is 7. The van der Waals surface area contributed by atoms with Gasteiger partial charge in [-0.1, -0.05) is 18.2 Å². The highest BCUT2D eigenvalue weighted by molar-refractivity contribution is 5.92. The molecule has 2 aromatic carbocycles. The van der Waals surface area contributed by atoms with E-state index < -0.39 is 24.4 Å². The lowest BCUT2D eigenvalue weighted by Crippen LogP contribution is -2.33. The lowest BCUT2D eigenvalue weighted by molar-refractivity contribution is -0.124. The van der Waals surface area contributed by atoms with Crippen LogP contribution in [-0.4, -0.2) is 57.1 Å². The fraction of sp³-hybridized carbons (Fsp3) is 0.267. The van der Waals surface area contributed by atoms with E-state index in [4.69, 9.17) is 9.72 Å². The van der Waals surface area contributed by atoms with Crippen LogP contribution < -0.4 is 15.0 Å². The Labute approximate surface area is 243 Å². The molecule has 0 fully saturated rings. The molecule has 0 aliphatic carbocycles. The molecule has 4 heterocycles. The average molecular weight is 596 g/mol. The first kappa shape index (κ1) is 28.5. The quantitative estimate of drug-likeness (QED) is 0.209. The van der Waals surface area contributed by atoms with Crippen LogP contribution in [0.15, 0.2) is 67.1 Å². The van der Waals surface area contributed by atoms with E-state index in [1.165, 1.54) is 4.68 Å². The van der Waals surface area contributed by atoms with Crippen LogP contribution in [-0.2, 0) is 6.54 Å². The van der Waals surface area contributed by atoms with Gasteiger partial charge in [0.05, 0.1) is 25.2 Å². The number of rotatable bonds is 9. The van der Waals surface area contributed by atoms with Crippen LogP contribution in [0.4, 0.5) is 33.5 Å². The molecule has 0 radical (unpaired) electrons. The van der Waals surface area contributed by atoms with Crippen molar-refractivity contribution in [2.24, 2.45) is 0 Å². The average Bonchev–Trinajstić information content (AvgIpc) is 3.53. The van der Waals surface area contributed by atoms with Gasteiger partial charge in [0.1, 0.15) is 28.9 Å². The largest absolute Gasteiger partial charge is 0.494 e. The number of para-hydroxylation sites is 1. The number of halogens is 5. The van der Waals surface area contributed by atoms with Gasteiger partial charge in [0.15, 0.2) is 5.82 Å². The van der Waals surface area contributed by atoms with Gasteiger partial charge in [0, 0.05) is 71.9 Å². The Morgan fingerprint density at radius 3 is 2.51 bits per heavy atom. The van der Waals surface area contributed by atoms with E-state index in [2.05, 4.69) is 20.4 Å². The molecule has 3 aromatic heterocycles. The van der Waals surface area contributed by atoms with Crippen LogP contribution in [0.5, 0.6) is 5.75 Å². The summed E-state index contributed by atoms with van der Waals surface area (Å²) in [5.74, 6) is -0.904. The van der Waals surface area contributed by atoms with Gasteiger partial charge >= 0.3 is 6.18 Å². The maximum Gasteiger partial charge on any atom is 0.401 e. The lowest BCUT2D eigenvalue weighted by atomic mass is 10.0. The van der Waals surface area contributed by atoms with Crippen molar-refractivity contribution < 1.29 is 26.7 Å². The minimum atomic E-state index is -4.33. The van der Waals surface area contributed by atoms with Crippen molar-refractivity contribution in [1.29, 1.82) is 0 Å². The summed E-state index contributed by atoms with van der Waals surface area (Å²) < 4.78 is 75.0. The number of benzene rings is 2. The number of anilines is 2. The zero-order chi connectivity index (χ0) is 30.1. The maximum absolute atomic E-state index is 14.9. The Bertz CT molecular complexity index is 1740. The highest BCUT2D eigenvalue weighted by Crippen LogP contribution is 2.40. The maximum atomic E-state index is 14.9. The van der Waals surface area contributed by atoms with Crippen molar-refractivity contribution in [3.05, 3.63) is 89.9 Å². The number of aromatic nitrogens is 5. The first-order valence-electron chi connectivity index (χ1n) is 13.6. The monoisotopic (exact) mass is 595 g/mol. The topological polar surface area (TPSA) is 81.0 Å². The van der Waals surface area contributed by atoms with Crippen molar-refractivity contribution in [2.45, 2.75) is 25.6 Å². The van der Waals surface area contributed by atoms with Crippen LogP contribution in [0.25, 0.3) is 22.4 Å². The second-order valence-electron chi connectivity index (χ2n) is 10.1. The van der Waals surface area contributed by atoms with Gasteiger partial charge in [-0.2, -0.15) is 18.3 Å². The fourth-order valence-corrected chi connectivity index (χ4v) is 5.26. The molecular formula is C30H26F5N7O. The van der Waals surface area contributed by atoms with Gasteiger partial charge in [0.25, 0.3) is 0 Å². The zero-order valence-corrected chi connectivity index (χ0v) is 22.9. The highest BCUT2D eigenvalue weighted by atomic mass is 19.4. The van der Waals surface area contributed by atoms with E-state index in [-0.39, 0.29) is 42.8 Å². The molecule has 0 amide bonds. The lowest BCUT2D eigenvalue weighted by Gasteiger charge is -2.19. The van der Waals surface area contributed by atoms with E-state index in [0.29, 0.717) is 34.5 Å². The second kappa shape index (κ2) is 11.6.